The SMILES string of the molecule is Cc1ccc2c(c1)-c1c(ssc1=Nc1ccc3ncccc3c1)C(C)(C)N2. The summed E-state index contributed by atoms with van der Waals surface area (Å²) in [4.78, 5) is 10.8. The van der Waals surface area contributed by atoms with Crippen molar-refractivity contribution in [3.05, 3.63) is 69.8 Å². The number of hydrogen-bond acceptors (Lipinski definition) is 5. The molecular formula is C22H19N3S2. The highest BCUT2D eigenvalue weighted by Gasteiger charge is 2.33. The molecule has 0 atom stereocenters. The summed E-state index contributed by atoms with van der Waals surface area (Å²) in [5.74, 6) is 0. The van der Waals surface area contributed by atoms with Crippen molar-refractivity contribution >= 4 is 43.0 Å². The van der Waals surface area contributed by atoms with Gasteiger partial charge < -0.3 is 5.32 Å². The molecule has 2 aromatic heterocycles. The molecule has 1 aliphatic heterocycles. The molecule has 2 aromatic carbocycles. The first-order chi connectivity index (χ1) is 13.0. The zero-order chi connectivity index (χ0) is 18.6. The summed E-state index contributed by atoms with van der Waals surface area (Å²) < 4.78 is 1.08. The molecular weight excluding hydrogens is 370 g/mol. The summed E-state index contributed by atoms with van der Waals surface area (Å²) in [7, 11) is 3.58. The van der Waals surface area contributed by atoms with E-state index < -0.39 is 0 Å². The largest absolute Gasteiger partial charge is 0.375 e. The van der Waals surface area contributed by atoms with Gasteiger partial charge in [-0.3, -0.25) is 4.98 Å². The van der Waals surface area contributed by atoms with Gasteiger partial charge in [-0.05, 0) is 57.2 Å². The first-order valence-electron chi connectivity index (χ1n) is 8.94. The molecule has 0 radical (unpaired) electrons. The smallest absolute Gasteiger partial charge is 0.135 e. The third-order valence-corrected chi connectivity index (χ3v) is 7.56. The van der Waals surface area contributed by atoms with E-state index in [-0.39, 0.29) is 5.54 Å². The first kappa shape index (κ1) is 16.7. The lowest BCUT2D eigenvalue weighted by molar-refractivity contribution is 0.619. The summed E-state index contributed by atoms with van der Waals surface area (Å²) >= 11 is 0. The zero-order valence-corrected chi connectivity index (χ0v) is 17.0. The molecule has 4 aromatic rings. The Morgan fingerprint density at radius 2 is 1.93 bits per heavy atom. The van der Waals surface area contributed by atoms with Crippen LogP contribution in [0.5, 0.6) is 0 Å². The number of rotatable bonds is 1. The minimum atomic E-state index is -0.0974. The van der Waals surface area contributed by atoms with Crippen LogP contribution in [0.25, 0.3) is 22.0 Å². The van der Waals surface area contributed by atoms with E-state index in [4.69, 9.17) is 4.99 Å². The van der Waals surface area contributed by atoms with Crippen LogP contribution in [-0.2, 0) is 5.54 Å². The van der Waals surface area contributed by atoms with Crippen molar-refractivity contribution < 1.29 is 0 Å². The number of fused-ring (bicyclic) bond motifs is 4. The molecule has 0 amide bonds. The van der Waals surface area contributed by atoms with Crippen molar-refractivity contribution in [1.29, 1.82) is 0 Å². The lowest BCUT2D eigenvalue weighted by Gasteiger charge is -2.33. The van der Waals surface area contributed by atoms with Crippen LogP contribution in [0.3, 0.4) is 0 Å². The predicted molar refractivity (Wildman–Crippen MR) is 116 cm³/mol. The van der Waals surface area contributed by atoms with Crippen LogP contribution >= 0.6 is 20.7 Å². The van der Waals surface area contributed by atoms with Gasteiger partial charge in [0.25, 0.3) is 0 Å². The predicted octanol–water partition coefficient (Wildman–Crippen LogP) is 6.23. The van der Waals surface area contributed by atoms with Gasteiger partial charge in [-0.15, -0.1) is 0 Å². The Morgan fingerprint density at radius 1 is 1.04 bits per heavy atom. The van der Waals surface area contributed by atoms with E-state index in [9.17, 15) is 0 Å². The highest BCUT2D eigenvalue weighted by atomic mass is 32.9. The van der Waals surface area contributed by atoms with Crippen LogP contribution in [-0.4, -0.2) is 4.98 Å². The van der Waals surface area contributed by atoms with Gasteiger partial charge in [0, 0.05) is 28.4 Å². The molecule has 0 fully saturated rings. The number of hydrogen-bond donors (Lipinski definition) is 1. The first-order valence-corrected chi connectivity index (χ1v) is 11.1. The number of aromatic nitrogens is 1. The van der Waals surface area contributed by atoms with Crippen LogP contribution < -0.4 is 9.99 Å². The molecule has 134 valence electrons. The number of aryl methyl sites for hydroxylation is 1. The fourth-order valence-corrected chi connectivity index (χ4v) is 6.55. The maximum atomic E-state index is 5.03. The lowest BCUT2D eigenvalue weighted by atomic mass is 9.89. The van der Waals surface area contributed by atoms with Gasteiger partial charge in [-0.25, -0.2) is 4.99 Å². The number of anilines is 1. The number of nitrogens with zero attached hydrogens (tertiary/aromatic N) is 2. The molecule has 0 spiro atoms. The topological polar surface area (TPSA) is 37.3 Å². The maximum Gasteiger partial charge on any atom is 0.135 e. The second kappa shape index (κ2) is 6.01. The Kier molecular flexibility index (Phi) is 3.71. The van der Waals surface area contributed by atoms with Crippen LogP contribution in [0.2, 0.25) is 0 Å². The van der Waals surface area contributed by atoms with Gasteiger partial charge in [-0.2, -0.15) is 0 Å². The summed E-state index contributed by atoms with van der Waals surface area (Å²) in [6, 6.07) is 16.9. The Bertz CT molecular complexity index is 1250. The van der Waals surface area contributed by atoms with Gasteiger partial charge in [0.1, 0.15) is 4.67 Å². The molecule has 5 rings (SSSR count). The molecule has 3 heterocycles. The van der Waals surface area contributed by atoms with Gasteiger partial charge >= 0.3 is 0 Å². The standard InChI is InChI=1S/C22H19N3S2/c1-13-6-8-18-16(11-13)19-20(22(2,3)25-18)26-27-21(19)24-15-7-9-17-14(12-15)5-4-10-23-17/h4-12,25H,1-3H3. The fraction of sp³-hybridized carbons (Fsp3) is 0.182. The van der Waals surface area contributed by atoms with Crippen molar-refractivity contribution in [3.63, 3.8) is 0 Å². The summed E-state index contributed by atoms with van der Waals surface area (Å²) in [6.07, 6.45) is 1.82. The van der Waals surface area contributed by atoms with Crippen molar-refractivity contribution in [1.82, 2.24) is 4.98 Å². The van der Waals surface area contributed by atoms with E-state index >= 15 is 0 Å². The fourth-order valence-electron chi connectivity index (χ4n) is 3.61. The van der Waals surface area contributed by atoms with E-state index in [1.54, 1.807) is 10.3 Å². The summed E-state index contributed by atoms with van der Waals surface area (Å²) in [5, 5.41) is 4.80. The summed E-state index contributed by atoms with van der Waals surface area (Å²) in [5.41, 5.74) is 6.85. The van der Waals surface area contributed by atoms with Crippen LogP contribution in [0.15, 0.2) is 59.7 Å². The van der Waals surface area contributed by atoms with Crippen molar-refractivity contribution in [2.24, 2.45) is 4.99 Å². The molecule has 0 aliphatic carbocycles. The average molecular weight is 390 g/mol. The summed E-state index contributed by atoms with van der Waals surface area (Å²) in [6.45, 7) is 6.62. The van der Waals surface area contributed by atoms with Crippen LogP contribution in [0, 0.1) is 6.92 Å². The Morgan fingerprint density at radius 3 is 2.81 bits per heavy atom. The average Bonchev–Trinajstić information content (AvgIpc) is 3.07. The van der Waals surface area contributed by atoms with E-state index in [0.29, 0.717) is 0 Å². The van der Waals surface area contributed by atoms with E-state index in [0.717, 1.165) is 21.3 Å². The Hall–Kier alpha value is -2.50. The minimum Gasteiger partial charge on any atom is -0.375 e. The third kappa shape index (κ3) is 2.78. The van der Waals surface area contributed by atoms with Gasteiger partial charge in [0.2, 0.25) is 0 Å². The van der Waals surface area contributed by atoms with Crippen LogP contribution in [0.1, 0.15) is 24.3 Å². The van der Waals surface area contributed by atoms with Gasteiger partial charge in [0.05, 0.1) is 21.6 Å². The highest BCUT2D eigenvalue weighted by Crippen LogP contribution is 2.45. The zero-order valence-electron chi connectivity index (χ0n) is 15.4. The maximum absolute atomic E-state index is 5.03. The molecule has 5 heteroatoms. The molecule has 0 unspecified atom stereocenters. The Balaban J connectivity index is 1.75. The van der Waals surface area contributed by atoms with Crippen molar-refractivity contribution in [2.45, 2.75) is 26.3 Å². The van der Waals surface area contributed by atoms with Crippen molar-refractivity contribution in [3.8, 4) is 11.1 Å². The van der Waals surface area contributed by atoms with Gasteiger partial charge in [0.15, 0.2) is 0 Å². The van der Waals surface area contributed by atoms with E-state index in [1.807, 2.05) is 28.7 Å². The number of pyridine rings is 1. The lowest BCUT2D eigenvalue weighted by Crippen LogP contribution is -2.31. The number of nitrogens with one attached hydrogen (secondary N) is 1. The molecule has 0 saturated carbocycles. The van der Waals surface area contributed by atoms with E-state index in [1.165, 1.54) is 27.3 Å². The molecule has 1 aliphatic rings. The third-order valence-electron chi connectivity index (χ3n) is 4.92. The minimum absolute atomic E-state index is 0.0974. The molecule has 27 heavy (non-hydrogen) atoms. The molecule has 3 nitrogen and oxygen atoms in total. The second-order valence-corrected chi connectivity index (χ2v) is 9.60. The van der Waals surface area contributed by atoms with Crippen molar-refractivity contribution in [2.75, 3.05) is 5.32 Å². The second-order valence-electron chi connectivity index (χ2n) is 7.47. The normalized spacial score (nSPS) is 15.3. The molecule has 0 saturated heterocycles. The monoisotopic (exact) mass is 389 g/mol. The van der Waals surface area contributed by atoms with E-state index in [2.05, 4.69) is 67.5 Å². The Labute approximate surface area is 165 Å². The van der Waals surface area contributed by atoms with Crippen LogP contribution in [0.4, 0.5) is 11.4 Å². The quantitative estimate of drug-likeness (QED) is 0.392. The molecule has 1 N–H and O–H groups in total. The number of benzene rings is 2. The molecule has 0 bridgehead atoms. The highest BCUT2D eigenvalue weighted by molar-refractivity contribution is 7.68. The van der Waals surface area contributed by atoms with Gasteiger partial charge in [-0.1, -0.05) is 38.4 Å².